The summed E-state index contributed by atoms with van der Waals surface area (Å²) in [7, 11) is 0. The highest BCUT2D eigenvalue weighted by atomic mass is 32.2. The Kier molecular flexibility index (Phi) is 2.77. The van der Waals surface area contributed by atoms with Gasteiger partial charge in [-0.05, 0) is 24.7 Å². The second kappa shape index (κ2) is 4.04. The molecule has 3 rings (SSSR count). The van der Waals surface area contributed by atoms with Crippen LogP contribution in [-0.4, -0.2) is 17.1 Å². The molecule has 1 fully saturated rings. The predicted octanol–water partition coefficient (Wildman–Crippen LogP) is 3.66. The second-order valence-electron chi connectivity index (χ2n) is 6.29. The van der Waals surface area contributed by atoms with Crippen LogP contribution in [0.1, 0.15) is 52.4 Å². The molecule has 3 heteroatoms. The molecule has 0 radical (unpaired) electrons. The molecule has 0 unspecified atom stereocenters. The number of carbonyl (C=O) groups excluding carboxylic acids is 1. The van der Waals surface area contributed by atoms with Crippen LogP contribution in [0.2, 0.25) is 0 Å². The van der Waals surface area contributed by atoms with Crippen LogP contribution < -0.4 is 0 Å². The largest absolute Gasteiger partial charge is 0.492 e. The van der Waals surface area contributed by atoms with Gasteiger partial charge in [-0.25, -0.2) is 0 Å². The standard InChI is InChI=1S/C14H20O2S/c1-14(2)7-9(15)13-11(8-14)16-10-5-3-4-6-12(10)17-13/h10,12H,3-8H2,1-2H3/t10-,12-/m0/s1. The zero-order valence-corrected chi connectivity index (χ0v) is 11.4. The molecule has 17 heavy (non-hydrogen) atoms. The number of thioether (sulfide) groups is 1. The summed E-state index contributed by atoms with van der Waals surface area (Å²) in [4.78, 5) is 13.1. The van der Waals surface area contributed by atoms with Crippen LogP contribution in [0, 0.1) is 5.41 Å². The van der Waals surface area contributed by atoms with Crippen LogP contribution in [0.3, 0.4) is 0 Å². The Hall–Kier alpha value is -0.440. The summed E-state index contributed by atoms with van der Waals surface area (Å²) in [5, 5.41) is 0.535. The number of allylic oxidation sites excluding steroid dienone is 2. The fourth-order valence-electron chi connectivity index (χ4n) is 3.14. The van der Waals surface area contributed by atoms with Crippen molar-refractivity contribution in [1.29, 1.82) is 0 Å². The van der Waals surface area contributed by atoms with Gasteiger partial charge in [-0.2, -0.15) is 0 Å². The normalized spacial score (nSPS) is 36.0. The van der Waals surface area contributed by atoms with Crippen molar-refractivity contribution in [2.45, 2.75) is 63.7 Å². The first-order valence-electron chi connectivity index (χ1n) is 6.65. The molecular formula is C14H20O2S. The summed E-state index contributed by atoms with van der Waals surface area (Å²) in [5.41, 5.74) is 0.0813. The monoisotopic (exact) mass is 252 g/mol. The number of Topliss-reactive ketones (excluding diaryl/α,β-unsaturated/α-hetero) is 1. The molecular weight excluding hydrogens is 232 g/mol. The maximum atomic E-state index is 12.2. The van der Waals surface area contributed by atoms with E-state index in [1.54, 1.807) is 0 Å². The topological polar surface area (TPSA) is 26.3 Å². The van der Waals surface area contributed by atoms with E-state index in [-0.39, 0.29) is 5.41 Å². The lowest BCUT2D eigenvalue weighted by atomic mass is 9.79. The van der Waals surface area contributed by atoms with E-state index in [4.69, 9.17) is 4.74 Å². The van der Waals surface area contributed by atoms with E-state index in [1.807, 2.05) is 11.8 Å². The smallest absolute Gasteiger partial charge is 0.173 e. The molecule has 3 aliphatic rings. The highest BCUT2D eigenvalue weighted by Crippen LogP contribution is 2.49. The van der Waals surface area contributed by atoms with Crippen molar-refractivity contribution in [2.75, 3.05) is 0 Å². The van der Waals surface area contributed by atoms with E-state index < -0.39 is 0 Å². The molecule has 0 N–H and O–H groups in total. The highest BCUT2D eigenvalue weighted by Gasteiger charge is 2.42. The predicted molar refractivity (Wildman–Crippen MR) is 69.8 cm³/mol. The van der Waals surface area contributed by atoms with Crippen molar-refractivity contribution >= 4 is 17.5 Å². The van der Waals surface area contributed by atoms with E-state index in [0.29, 0.717) is 23.6 Å². The third kappa shape index (κ3) is 2.14. The quantitative estimate of drug-likeness (QED) is 0.658. The van der Waals surface area contributed by atoms with Gasteiger partial charge in [-0.15, -0.1) is 11.8 Å². The number of hydrogen-bond acceptors (Lipinski definition) is 3. The Labute approximate surface area is 107 Å². The summed E-state index contributed by atoms with van der Waals surface area (Å²) >= 11 is 1.81. The molecule has 0 spiro atoms. The summed E-state index contributed by atoms with van der Waals surface area (Å²) in [6.07, 6.45) is 6.94. The lowest BCUT2D eigenvalue weighted by molar-refractivity contribution is -0.118. The first-order valence-corrected chi connectivity index (χ1v) is 7.53. The summed E-state index contributed by atoms with van der Waals surface area (Å²) < 4.78 is 6.14. The number of ketones is 1. The van der Waals surface area contributed by atoms with Gasteiger partial charge in [0.2, 0.25) is 0 Å². The molecule has 1 aliphatic heterocycles. The number of carbonyl (C=O) groups is 1. The van der Waals surface area contributed by atoms with Gasteiger partial charge in [0.15, 0.2) is 5.78 Å². The first-order chi connectivity index (χ1) is 8.05. The molecule has 0 amide bonds. The SMILES string of the molecule is CC1(C)CC(=O)C2=C(C1)O[C@H]1CCCC[C@@H]1S2. The molecule has 1 heterocycles. The zero-order chi connectivity index (χ0) is 12.0. The van der Waals surface area contributed by atoms with Crippen molar-refractivity contribution in [2.24, 2.45) is 5.41 Å². The molecule has 0 aromatic rings. The lowest BCUT2D eigenvalue weighted by Gasteiger charge is -2.41. The van der Waals surface area contributed by atoms with Crippen LogP contribution in [0.25, 0.3) is 0 Å². The van der Waals surface area contributed by atoms with E-state index in [1.165, 1.54) is 25.7 Å². The minimum Gasteiger partial charge on any atom is -0.492 e. The van der Waals surface area contributed by atoms with Crippen LogP contribution in [0.5, 0.6) is 0 Å². The second-order valence-corrected chi connectivity index (χ2v) is 7.54. The first kappa shape index (κ1) is 11.6. The van der Waals surface area contributed by atoms with E-state index in [9.17, 15) is 4.79 Å². The van der Waals surface area contributed by atoms with Crippen molar-refractivity contribution < 1.29 is 9.53 Å². The van der Waals surface area contributed by atoms with E-state index in [0.717, 1.165) is 17.1 Å². The Morgan fingerprint density at radius 2 is 2.00 bits per heavy atom. The molecule has 2 nitrogen and oxygen atoms in total. The van der Waals surface area contributed by atoms with Gasteiger partial charge >= 0.3 is 0 Å². The average molecular weight is 252 g/mol. The van der Waals surface area contributed by atoms with E-state index >= 15 is 0 Å². The molecule has 0 saturated heterocycles. The third-order valence-corrected chi connectivity index (χ3v) is 5.52. The number of ether oxygens (including phenoxy) is 1. The Morgan fingerprint density at radius 3 is 2.82 bits per heavy atom. The number of hydrogen-bond donors (Lipinski definition) is 0. The van der Waals surface area contributed by atoms with Crippen molar-refractivity contribution in [3.05, 3.63) is 10.7 Å². The average Bonchev–Trinajstić information content (AvgIpc) is 2.25. The molecule has 94 valence electrons. The van der Waals surface area contributed by atoms with Gasteiger partial charge in [-0.3, -0.25) is 4.79 Å². The van der Waals surface area contributed by atoms with Gasteiger partial charge in [0.25, 0.3) is 0 Å². The minimum absolute atomic E-state index is 0.0813. The fraction of sp³-hybridized carbons (Fsp3) is 0.786. The Morgan fingerprint density at radius 1 is 1.24 bits per heavy atom. The van der Waals surface area contributed by atoms with Crippen molar-refractivity contribution in [1.82, 2.24) is 0 Å². The molecule has 2 atom stereocenters. The molecule has 0 aromatic heterocycles. The molecule has 1 saturated carbocycles. The van der Waals surface area contributed by atoms with Crippen LogP contribution in [0.4, 0.5) is 0 Å². The maximum absolute atomic E-state index is 12.2. The molecule has 0 aromatic carbocycles. The Bertz CT molecular complexity index is 384. The summed E-state index contributed by atoms with van der Waals surface area (Å²) in [6.45, 7) is 4.32. The van der Waals surface area contributed by atoms with E-state index in [2.05, 4.69) is 13.8 Å². The molecule has 2 aliphatic carbocycles. The van der Waals surface area contributed by atoms with Crippen LogP contribution in [-0.2, 0) is 9.53 Å². The number of rotatable bonds is 0. The van der Waals surface area contributed by atoms with Crippen LogP contribution in [0.15, 0.2) is 10.7 Å². The van der Waals surface area contributed by atoms with Gasteiger partial charge < -0.3 is 4.74 Å². The molecule has 0 bridgehead atoms. The van der Waals surface area contributed by atoms with Gasteiger partial charge in [-0.1, -0.05) is 20.3 Å². The highest BCUT2D eigenvalue weighted by molar-refractivity contribution is 8.04. The van der Waals surface area contributed by atoms with Gasteiger partial charge in [0.1, 0.15) is 11.9 Å². The van der Waals surface area contributed by atoms with Crippen LogP contribution >= 0.6 is 11.8 Å². The maximum Gasteiger partial charge on any atom is 0.173 e. The summed E-state index contributed by atoms with van der Waals surface area (Å²) in [6, 6.07) is 0. The zero-order valence-electron chi connectivity index (χ0n) is 10.6. The van der Waals surface area contributed by atoms with Gasteiger partial charge in [0, 0.05) is 18.1 Å². The number of fused-ring (bicyclic) bond motifs is 1. The van der Waals surface area contributed by atoms with Gasteiger partial charge in [0.05, 0.1) is 4.91 Å². The Balaban J connectivity index is 1.88. The third-order valence-electron chi connectivity index (χ3n) is 3.99. The summed E-state index contributed by atoms with van der Waals surface area (Å²) in [5.74, 6) is 1.31. The van der Waals surface area contributed by atoms with Crippen molar-refractivity contribution in [3.8, 4) is 0 Å². The fourth-order valence-corrected chi connectivity index (χ4v) is 4.53. The van der Waals surface area contributed by atoms with Crippen molar-refractivity contribution in [3.63, 3.8) is 0 Å². The lowest BCUT2D eigenvalue weighted by Crippen LogP contribution is -2.38. The minimum atomic E-state index is 0.0813.